The summed E-state index contributed by atoms with van der Waals surface area (Å²) in [6.45, 7) is 3.70. The molecule has 2 fully saturated rings. The molecule has 0 aliphatic carbocycles. The van der Waals surface area contributed by atoms with Crippen molar-refractivity contribution in [1.29, 1.82) is 0 Å². The lowest BCUT2D eigenvalue weighted by molar-refractivity contribution is -0.283. The van der Waals surface area contributed by atoms with Gasteiger partial charge in [0, 0.05) is 14.2 Å². The van der Waals surface area contributed by atoms with Gasteiger partial charge in [0.05, 0.1) is 6.10 Å². The van der Waals surface area contributed by atoms with E-state index in [9.17, 15) is 4.79 Å². The second-order valence-corrected chi connectivity index (χ2v) is 4.30. The molecule has 2 aliphatic heterocycles. The quantitative estimate of drug-likeness (QED) is 0.738. The van der Waals surface area contributed by atoms with E-state index in [0.29, 0.717) is 0 Å². The van der Waals surface area contributed by atoms with Gasteiger partial charge in [0.15, 0.2) is 11.9 Å². The second-order valence-electron chi connectivity index (χ2n) is 4.30. The SMILES string of the molecule is CO[C@@H]1O[C@@H](C)[C@H]2NC(=O)O[C@@]2(C)[C@H]1OC. The van der Waals surface area contributed by atoms with Crippen molar-refractivity contribution in [3.05, 3.63) is 0 Å². The number of hydrogen-bond acceptors (Lipinski definition) is 5. The molecule has 0 radical (unpaired) electrons. The Bertz CT molecular complexity index is 297. The van der Waals surface area contributed by atoms with Crippen molar-refractivity contribution in [2.45, 2.75) is 44.0 Å². The van der Waals surface area contributed by atoms with Gasteiger partial charge in [0.2, 0.25) is 0 Å². The minimum atomic E-state index is -0.760. The highest BCUT2D eigenvalue weighted by molar-refractivity contribution is 5.71. The summed E-state index contributed by atoms with van der Waals surface area (Å²) in [7, 11) is 3.09. The zero-order chi connectivity index (χ0) is 11.9. The van der Waals surface area contributed by atoms with Crippen LogP contribution >= 0.6 is 0 Å². The summed E-state index contributed by atoms with van der Waals surface area (Å²) in [5.41, 5.74) is -0.760. The van der Waals surface area contributed by atoms with Crippen molar-refractivity contribution >= 4 is 6.09 Å². The summed E-state index contributed by atoms with van der Waals surface area (Å²) in [5.74, 6) is 0. The van der Waals surface area contributed by atoms with Gasteiger partial charge in [-0.25, -0.2) is 4.79 Å². The fourth-order valence-electron chi connectivity index (χ4n) is 2.54. The topological polar surface area (TPSA) is 66.0 Å². The van der Waals surface area contributed by atoms with E-state index >= 15 is 0 Å². The van der Waals surface area contributed by atoms with E-state index in [-0.39, 0.29) is 12.1 Å². The third-order valence-electron chi connectivity index (χ3n) is 3.32. The Morgan fingerprint density at radius 2 is 2.06 bits per heavy atom. The number of hydrogen-bond donors (Lipinski definition) is 1. The van der Waals surface area contributed by atoms with Crippen molar-refractivity contribution in [2.75, 3.05) is 14.2 Å². The van der Waals surface area contributed by atoms with Crippen molar-refractivity contribution < 1.29 is 23.7 Å². The standard InChI is InChI=1S/C10H17NO5/c1-5-6-10(2,16-9(12)11-6)7(13-3)8(14-4)15-5/h5-8H,1-4H3,(H,11,12)/t5-,6+,7-,8+,10+/m0/s1. The third kappa shape index (κ3) is 1.49. The smallest absolute Gasteiger partial charge is 0.408 e. The fourth-order valence-corrected chi connectivity index (χ4v) is 2.54. The first-order chi connectivity index (χ1) is 7.52. The molecule has 0 saturated carbocycles. The minimum Gasteiger partial charge on any atom is -0.438 e. The van der Waals surface area contributed by atoms with Crippen molar-refractivity contribution in [3.63, 3.8) is 0 Å². The molecule has 2 heterocycles. The summed E-state index contributed by atoms with van der Waals surface area (Å²) in [4.78, 5) is 11.3. The molecule has 2 saturated heterocycles. The van der Waals surface area contributed by atoms with Gasteiger partial charge in [0.1, 0.15) is 12.1 Å². The number of amides is 1. The Balaban J connectivity index is 2.31. The van der Waals surface area contributed by atoms with Crippen molar-refractivity contribution in [3.8, 4) is 0 Å². The van der Waals surface area contributed by atoms with Crippen LogP contribution in [0.2, 0.25) is 0 Å². The van der Waals surface area contributed by atoms with Crippen molar-refractivity contribution in [1.82, 2.24) is 5.32 Å². The molecule has 6 nitrogen and oxygen atoms in total. The minimum absolute atomic E-state index is 0.187. The van der Waals surface area contributed by atoms with Gasteiger partial charge in [-0.3, -0.25) is 0 Å². The van der Waals surface area contributed by atoms with Crippen LogP contribution in [0.5, 0.6) is 0 Å². The lowest BCUT2D eigenvalue weighted by Crippen LogP contribution is -2.65. The predicted molar refractivity (Wildman–Crippen MR) is 54.0 cm³/mol. The first-order valence-corrected chi connectivity index (χ1v) is 5.23. The van der Waals surface area contributed by atoms with Crippen LogP contribution in [0.15, 0.2) is 0 Å². The van der Waals surface area contributed by atoms with Crippen LogP contribution in [0.1, 0.15) is 13.8 Å². The summed E-state index contributed by atoms with van der Waals surface area (Å²) in [6, 6.07) is -0.226. The molecular weight excluding hydrogens is 214 g/mol. The van der Waals surface area contributed by atoms with Gasteiger partial charge in [-0.05, 0) is 13.8 Å². The van der Waals surface area contributed by atoms with Gasteiger partial charge in [-0.2, -0.15) is 0 Å². The summed E-state index contributed by atoms with van der Waals surface area (Å²) < 4.78 is 21.5. The molecule has 0 spiro atoms. The number of fused-ring (bicyclic) bond motifs is 1. The van der Waals surface area contributed by atoms with Crippen LogP contribution in [0, 0.1) is 0 Å². The maximum Gasteiger partial charge on any atom is 0.408 e. The average Bonchev–Trinajstić information content (AvgIpc) is 2.54. The Kier molecular flexibility index (Phi) is 2.81. The molecule has 5 atom stereocenters. The maximum atomic E-state index is 11.3. The Hall–Kier alpha value is -0.850. The molecule has 1 N–H and O–H groups in total. The molecule has 0 aromatic carbocycles. The van der Waals surface area contributed by atoms with E-state index in [0.717, 1.165) is 0 Å². The molecule has 6 heteroatoms. The van der Waals surface area contributed by atoms with Crippen LogP contribution < -0.4 is 5.32 Å². The van der Waals surface area contributed by atoms with E-state index in [1.54, 1.807) is 7.11 Å². The molecule has 0 aromatic heterocycles. The van der Waals surface area contributed by atoms with E-state index < -0.39 is 24.1 Å². The van der Waals surface area contributed by atoms with Gasteiger partial charge in [0.25, 0.3) is 0 Å². The predicted octanol–water partition coefficient (Wildman–Crippen LogP) is 0.260. The van der Waals surface area contributed by atoms with E-state index in [1.165, 1.54) is 7.11 Å². The number of rotatable bonds is 2. The largest absolute Gasteiger partial charge is 0.438 e. The van der Waals surface area contributed by atoms with Crippen LogP contribution in [0.25, 0.3) is 0 Å². The fraction of sp³-hybridized carbons (Fsp3) is 0.900. The summed E-state index contributed by atoms with van der Waals surface area (Å²) >= 11 is 0. The first kappa shape index (κ1) is 11.6. The Labute approximate surface area is 94.2 Å². The van der Waals surface area contributed by atoms with E-state index in [4.69, 9.17) is 18.9 Å². The van der Waals surface area contributed by atoms with Crippen LogP contribution in [0.3, 0.4) is 0 Å². The first-order valence-electron chi connectivity index (χ1n) is 5.23. The monoisotopic (exact) mass is 231 g/mol. The molecule has 0 aromatic rings. The zero-order valence-electron chi connectivity index (χ0n) is 9.85. The van der Waals surface area contributed by atoms with Crippen LogP contribution in [-0.2, 0) is 18.9 Å². The second kappa shape index (κ2) is 3.87. The van der Waals surface area contributed by atoms with Crippen LogP contribution in [0.4, 0.5) is 4.79 Å². The van der Waals surface area contributed by atoms with Gasteiger partial charge in [-0.15, -0.1) is 0 Å². The van der Waals surface area contributed by atoms with E-state index in [1.807, 2.05) is 13.8 Å². The zero-order valence-corrected chi connectivity index (χ0v) is 9.85. The number of ether oxygens (including phenoxy) is 4. The van der Waals surface area contributed by atoms with Gasteiger partial charge >= 0.3 is 6.09 Å². The number of carbonyl (C=O) groups is 1. The third-order valence-corrected chi connectivity index (χ3v) is 3.32. The molecule has 0 bridgehead atoms. The Morgan fingerprint density at radius 3 is 2.62 bits per heavy atom. The number of nitrogens with one attached hydrogen (secondary N) is 1. The summed E-state index contributed by atoms with van der Waals surface area (Å²) in [5, 5.41) is 2.73. The lowest BCUT2D eigenvalue weighted by atomic mass is 9.84. The average molecular weight is 231 g/mol. The molecule has 1 amide bonds. The number of alkyl carbamates (subject to hydrolysis) is 1. The number of methoxy groups -OCH3 is 2. The molecule has 92 valence electrons. The summed E-state index contributed by atoms with van der Waals surface area (Å²) in [6.07, 6.45) is -1.61. The highest BCUT2D eigenvalue weighted by Gasteiger charge is 2.60. The van der Waals surface area contributed by atoms with Gasteiger partial charge < -0.3 is 24.3 Å². The maximum absolute atomic E-state index is 11.3. The lowest BCUT2D eigenvalue weighted by Gasteiger charge is -2.45. The molecule has 0 unspecified atom stereocenters. The highest BCUT2D eigenvalue weighted by atomic mass is 16.7. The normalized spacial score (nSPS) is 47.1. The van der Waals surface area contributed by atoms with Gasteiger partial charge in [-0.1, -0.05) is 0 Å². The molecular formula is C10H17NO5. The molecule has 16 heavy (non-hydrogen) atoms. The molecule has 2 aliphatic rings. The van der Waals surface area contributed by atoms with E-state index in [2.05, 4.69) is 5.32 Å². The Morgan fingerprint density at radius 1 is 1.38 bits per heavy atom. The number of carbonyl (C=O) groups excluding carboxylic acids is 1. The molecule has 2 rings (SSSR count). The van der Waals surface area contributed by atoms with Crippen LogP contribution in [-0.4, -0.2) is 50.5 Å². The van der Waals surface area contributed by atoms with Crippen molar-refractivity contribution in [2.24, 2.45) is 0 Å². The highest BCUT2D eigenvalue weighted by Crippen LogP contribution is 2.37.